The van der Waals surface area contributed by atoms with Crippen molar-refractivity contribution in [3.63, 3.8) is 0 Å². The Morgan fingerprint density at radius 2 is 2.35 bits per heavy atom. The number of amides is 1. The zero-order chi connectivity index (χ0) is 12.3. The number of rotatable bonds is 2. The number of pyridine rings is 1. The van der Waals surface area contributed by atoms with Crippen LogP contribution in [0, 0.1) is 0 Å². The standard InChI is InChI=1S/C12H17N3O2/c1-10-8-15(12(16)17)7-6-14(10)9-11-4-2-3-5-13-11/h2-5,10H,6-9H2,1H3,(H,16,17)/t10-/m1/s1. The summed E-state index contributed by atoms with van der Waals surface area (Å²) >= 11 is 0. The summed E-state index contributed by atoms with van der Waals surface area (Å²) in [6.07, 6.45) is 0.961. The molecule has 2 rings (SSSR count). The third-order valence-corrected chi connectivity index (χ3v) is 3.13. The van der Waals surface area contributed by atoms with Crippen molar-refractivity contribution in [3.05, 3.63) is 30.1 Å². The predicted octanol–water partition coefficient (Wildman–Crippen LogP) is 1.27. The largest absolute Gasteiger partial charge is 0.465 e. The van der Waals surface area contributed by atoms with E-state index in [2.05, 4.69) is 16.8 Å². The van der Waals surface area contributed by atoms with Crippen LogP contribution in [0.25, 0.3) is 0 Å². The molecule has 0 aliphatic carbocycles. The average molecular weight is 235 g/mol. The van der Waals surface area contributed by atoms with E-state index < -0.39 is 6.09 Å². The molecule has 0 saturated carbocycles. The van der Waals surface area contributed by atoms with Crippen LogP contribution in [0.3, 0.4) is 0 Å². The molecule has 0 unspecified atom stereocenters. The van der Waals surface area contributed by atoms with Gasteiger partial charge in [0.25, 0.3) is 0 Å². The maximum atomic E-state index is 10.9. The van der Waals surface area contributed by atoms with E-state index >= 15 is 0 Å². The van der Waals surface area contributed by atoms with Crippen LogP contribution in [-0.4, -0.2) is 51.7 Å². The first-order valence-electron chi connectivity index (χ1n) is 5.78. The van der Waals surface area contributed by atoms with Gasteiger partial charge in [0.2, 0.25) is 0 Å². The first-order valence-corrected chi connectivity index (χ1v) is 5.78. The lowest BCUT2D eigenvalue weighted by Crippen LogP contribution is -2.52. The lowest BCUT2D eigenvalue weighted by Gasteiger charge is -2.38. The van der Waals surface area contributed by atoms with E-state index in [1.165, 1.54) is 4.90 Å². The van der Waals surface area contributed by atoms with Gasteiger partial charge in [0.05, 0.1) is 5.69 Å². The van der Waals surface area contributed by atoms with E-state index in [9.17, 15) is 4.79 Å². The zero-order valence-electron chi connectivity index (χ0n) is 9.91. The van der Waals surface area contributed by atoms with Gasteiger partial charge in [-0.15, -0.1) is 0 Å². The van der Waals surface area contributed by atoms with E-state index in [-0.39, 0.29) is 6.04 Å². The number of aromatic nitrogens is 1. The highest BCUT2D eigenvalue weighted by molar-refractivity contribution is 5.65. The van der Waals surface area contributed by atoms with Crippen LogP contribution in [0.5, 0.6) is 0 Å². The number of piperazine rings is 1. The number of hydrogen-bond acceptors (Lipinski definition) is 3. The molecule has 2 heterocycles. The van der Waals surface area contributed by atoms with Crippen LogP contribution in [0.2, 0.25) is 0 Å². The normalized spacial score (nSPS) is 21.5. The molecule has 1 atom stereocenters. The maximum absolute atomic E-state index is 10.9. The maximum Gasteiger partial charge on any atom is 0.407 e. The fraction of sp³-hybridized carbons (Fsp3) is 0.500. The van der Waals surface area contributed by atoms with Crippen LogP contribution >= 0.6 is 0 Å². The first-order chi connectivity index (χ1) is 8.16. The van der Waals surface area contributed by atoms with E-state index in [1.807, 2.05) is 18.2 Å². The molecular weight excluding hydrogens is 218 g/mol. The molecule has 0 bridgehead atoms. The highest BCUT2D eigenvalue weighted by Gasteiger charge is 2.26. The summed E-state index contributed by atoms with van der Waals surface area (Å²) < 4.78 is 0. The molecule has 0 radical (unpaired) electrons. The molecule has 1 amide bonds. The second-order valence-electron chi connectivity index (χ2n) is 4.37. The second kappa shape index (κ2) is 5.14. The predicted molar refractivity (Wildman–Crippen MR) is 63.7 cm³/mol. The van der Waals surface area contributed by atoms with E-state index in [0.29, 0.717) is 13.1 Å². The first kappa shape index (κ1) is 11.9. The van der Waals surface area contributed by atoms with Crippen LogP contribution in [0.4, 0.5) is 4.79 Å². The van der Waals surface area contributed by atoms with Crippen molar-refractivity contribution in [2.45, 2.75) is 19.5 Å². The molecule has 1 fully saturated rings. The highest BCUT2D eigenvalue weighted by Crippen LogP contribution is 2.12. The fourth-order valence-electron chi connectivity index (χ4n) is 2.10. The number of nitrogens with zero attached hydrogens (tertiary/aromatic N) is 3. The van der Waals surface area contributed by atoms with Gasteiger partial charge in [0.1, 0.15) is 0 Å². The third kappa shape index (κ3) is 2.94. The molecule has 0 aromatic carbocycles. The number of hydrogen-bond donors (Lipinski definition) is 1. The van der Waals surface area contributed by atoms with Gasteiger partial charge in [-0.2, -0.15) is 0 Å². The molecule has 5 heteroatoms. The molecule has 5 nitrogen and oxygen atoms in total. The topological polar surface area (TPSA) is 56.7 Å². The van der Waals surface area contributed by atoms with Gasteiger partial charge in [0.15, 0.2) is 0 Å². The van der Waals surface area contributed by atoms with Crippen molar-refractivity contribution in [1.29, 1.82) is 0 Å². The Morgan fingerprint density at radius 3 is 2.94 bits per heavy atom. The van der Waals surface area contributed by atoms with Gasteiger partial charge >= 0.3 is 6.09 Å². The Bertz CT molecular complexity index is 383. The van der Waals surface area contributed by atoms with Gasteiger partial charge in [-0.3, -0.25) is 9.88 Å². The zero-order valence-corrected chi connectivity index (χ0v) is 9.91. The van der Waals surface area contributed by atoms with E-state index in [1.54, 1.807) is 6.20 Å². The van der Waals surface area contributed by atoms with Crippen molar-refractivity contribution >= 4 is 6.09 Å². The van der Waals surface area contributed by atoms with E-state index in [4.69, 9.17) is 5.11 Å². The van der Waals surface area contributed by atoms with Gasteiger partial charge in [-0.25, -0.2) is 4.79 Å². The second-order valence-corrected chi connectivity index (χ2v) is 4.37. The Kier molecular flexibility index (Phi) is 3.58. The third-order valence-electron chi connectivity index (χ3n) is 3.13. The minimum atomic E-state index is -0.825. The Balaban J connectivity index is 1.94. The Labute approximate surface area is 101 Å². The number of carbonyl (C=O) groups is 1. The van der Waals surface area contributed by atoms with Crippen molar-refractivity contribution in [2.75, 3.05) is 19.6 Å². The molecule has 1 saturated heterocycles. The van der Waals surface area contributed by atoms with Gasteiger partial charge < -0.3 is 10.0 Å². The van der Waals surface area contributed by atoms with Crippen molar-refractivity contribution < 1.29 is 9.90 Å². The van der Waals surface area contributed by atoms with E-state index in [0.717, 1.165) is 18.8 Å². The smallest absolute Gasteiger partial charge is 0.407 e. The van der Waals surface area contributed by atoms with Crippen LogP contribution in [-0.2, 0) is 6.54 Å². The SMILES string of the molecule is C[C@@H]1CN(C(=O)O)CCN1Cc1ccccn1. The summed E-state index contributed by atoms with van der Waals surface area (Å²) in [4.78, 5) is 18.9. The molecule has 1 aromatic heterocycles. The summed E-state index contributed by atoms with van der Waals surface area (Å²) in [5.74, 6) is 0. The van der Waals surface area contributed by atoms with Gasteiger partial charge in [0, 0.05) is 38.4 Å². The molecule has 0 spiro atoms. The van der Waals surface area contributed by atoms with Crippen molar-refractivity contribution in [1.82, 2.24) is 14.8 Å². The summed E-state index contributed by atoms with van der Waals surface area (Å²) in [6.45, 7) is 4.76. The van der Waals surface area contributed by atoms with Crippen LogP contribution < -0.4 is 0 Å². The molecule has 1 aliphatic heterocycles. The quantitative estimate of drug-likeness (QED) is 0.838. The average Bonchev–Trinajstić information content (AvgIpc) is 2.33. The van der Waals surface area contributed by atoms with Crippen molar-refractivity contribution in [2.24, 2.45) is 0 Å². The number of carboxylic acid groups (broad SMARTS) is 1. The molecular formula is C12H17N3O2. The monoisotopic (exact) mass is 235 g/mol. The van der Waals surface area contributed by atoms with Gasteiger partial charge in [-0.05, 0) is 19.1 Å². The van der Waals surface area contributed by atoms with Crippen LogP contribution in [0.1, 0.15) is 12.6 Å². The molecule has 92 valence electrons. The summed E-state index contributed by atoms with van der Waals surface area (Å²) in [5.41, 5.74) is 1.03. The van der Waals surface area contributed by atoms with Gasteiger partial charge in [-0.1, -0.05) is 6.07 Å². The summed E-state index contributed by atoms with van der Waals surface area (Å²) in [6, 6.07) is 6.10. The fourth-order valence-corrected chi connectivity index (χ4v) is 2.10. The van der Waals surface area contributed by atoms with Crippen molar-refractivity contribution in [3.8, 4) is 0 Å². The molecule has 1 N–H and O–H groups in total. The molecule has 1 aliphatic rings. The summed E-state index contributed by atoms with van der Waals surface area (Å²) in [7, 11) is 0. The lowest BCUT2D eigenvalue weighted by molar-refractivity contribution is 0.0705. The highest BCUT2D eigenvalue weighted by atomic mass is 16.4. The Morgan fingerprint density at radius 1 is 1.53 bits per heavy atom. The molecule has 17 heavy (non-hydrogen) atoms. The van der Waals surface area contributed by atoms with Crippen LogP contribution in [0.15, 0.2) is 24.4 Å². The molecule has 1 aromatic rings. The Hall–Kier alpha value is -1.62. The minimum Gasteiger partial charge on any atom is -0.465 e. The summed E-state index contributed by atoms with van der Waals surface area (Å²) in [5, 5.41) is 8.93. The lowest BCUT2D eigenvalue weighted by atomic mass is 10.2. The minimum absolute atomic E-state index is 0.238.